The molecule has 8 heteroatoms. The van der Waals surface area contributed by atoms with Crippen LogP contribution in [-0.4, -0.2) is 42.5 Å². The number of nitrogens with zero attached hydrogens (tertiary/aromatic N) is 2. The van der Waals surface area contributed by atoms with Gasteiger partial charge >= 0.3 is 0 Å². The molecule has 2 heterocycles. The second kappa shape index (κ2) is 8.62. The number of ketones is 1. The minimum Gasteiger partial charge on any atom is -0.326 e. The van der Waals surface area contributed by atoms with E-state index in [0.717, 1.165) is 0 Å². The Balaban J connectivity index is 1.59. The van der Waals surface area contributed by atoms with Gasteiger partial charge in [-0.2, -0.15) is 4.31 Å². The molecule has 1 N–H and O–H groups in total. The molecule has 7 nitrogen and oxygen atoms in total. The third-order valence-corrected chi connectivity index (χ3v) is 6.76. The number of nitrogens with one attached hydrogen (secondary N) is 1. The Kier molecular flexibility index (Phi) is 6.21. The van der Waals surface area contributed by atoms with E-state index in [4.69, 9.17) is 0 Å². The van der Waals surface area contributed by atoms with E-state index in [1.165, 1.54) is 23.4 Å². The second-order valence-corrected chi connectivity index (χ2v) is 8.86. The minimum absolute atomic E-state index is 0.0444. The molecule has 0 aliphatic carbocycles. The van der Waals surface area contributed by atoms with Crippen LogP contribution in [0, 0.1) is 5.92 Å². The summed E-state index contributed by atoms with van der Waals surface area (Å²) >= 11 is 0. The fraction of sp³-hybridized carbons (Fsp3) is 0.350. The summed E-state index contributed by atoms with van der Waals surface area (Å²) in [5.41, 5.74) is 1.15. The number of amides is 1. The quantitative estimate of drug-likeness (QED) is 0.751. The van der Waals surface area contributed by atoms with Crippen LogP contribution in [0.3, 0.4) is 0 Å². The van der Waals surface area contributed by atoms with E-state index in [2.05, 4.69) is 10.3 Å². The van der Waals surface area contributed by atoms with Gasteiger partial charge in [0.25, 0.3) is 0 Å². The second-order valence-electron chi connectivity index (χ2n) is 6.92. The van der Waals surface area contributed by atoms with Crippen LogP contribution in [0.4, 0.5) is 5.69 Å². The summed E-state index contributed by atoms with van der Waals surface area (Å²) in [6.07, 6.45) is 4.89. The molecule has 0 unspecified atom stereocenters. The number of carbonyl (C=O) groups excluding carboxylic acids is 2. The Hall–Kier alpha value is -2.58. The lowest BCUT2D eigenvalue weighted by Gasteiger charge is -2.31. The number of hydrogen-bond acceptors (Lipinski definition) is 5. The van der Waals surface area contributed by atoms with Crippen molar-refractivity contribution in [2.24, 2.45) is 5.92 Å². The topological polar surface area (TPSA) is 96.4 Å². The van der Waals surface area contributed by atoms with Crippen molar-refractivity contribution in [3.05, 3.63) is 54.4 Å². The number of benzene rings is 1. The van der Waals surface area contributed by atoms with Gasteiger partial charge in [-0.05, 0) is 55.2 Å². The summed E-state index contributed by atoms with van der Waals surface area (Å²) in [6.45, 7) is 2.18. The van der Waals surface area contributed by atoms with Crippen LogP contribution in [-0.2, 0) is 14.8 Å². The van der Waals surface area contributed by atoms with Gasteiger partial charge in [0.15, 0.2) is 5.78 Å². The molecule has 1 aliphatic heterocycles. The van der Waals surface area contributed by atoms with Crippen LogP contribution >= 0.6 is 0 Å². The fourth-order valence-corrected chi connectivity index (χ4v) is 4.79. The standard InChI is InChI=1S/C20H23N3O4S/c1-15(24)22-18-4-6-19(7-5-18)28(26,27)23-11-8-16(9-12-23)13-20(25)17-3-2-10-21-14-17/h2-7,10,14,16H,8-9,11-13H2,1H3,(H,22,24). The molecule has 1 fully saturated rings. The number of piperidine rings is 1. The third kappa shape index (κ3) is 4.82. The molecule has 0 atom stereocenters. The first kappa shape index (κ1) is 20.2. The zero-order valence-corrected chi connectivity index (χ0v) is 16.5. The van der Waals surface area contributed by atoms with Crippen molar-refractivity contribution in [1.82, 2.24) is 9.29 Å². The van der Waals surface area contributed by atoms with Crippen molar-refractivity contribution in [3.8, 4) is 0 Å². The van der Waals surface area contributed by atoms with Gasteiger partial charge in [0, 0.05) is 50.1 Å². The highest BCUT2D eigenvalue weighted by Crippen LogP contribution is 2.27. The maximum absolute atomic E-state index is 12.8. The maximum Gasteiger partial charge on any atom is 0.243 e. The van der Waals surface area contributed by atoms with Gasteiger partial charge in [0.2, 0.25) is 15.9 Å². The van der Waals surface area contributed by atoms with Crippen LogP contribution < -0.4 is 5.32 Å². The van der Waals surface area contributed by atoms with E-state index in [9.17, 15) is 18.0 Å². The molecule has 1 aromatic carbocycles. The summed E-state index contributed by atoms with van der Waals surface area (Å²) in [5.74, 6) is 0.00257. The highest BCUT2D eigenvalue weighted by Gasteiger charge is 2.30. The van der Waals surface area contributed by atoms with Crippen molar-refractivity contribution in [2.75, 3.05) is 18.4 Å². The normalized spacial score (nSPS) is 15.9. The molecule has 2 aromatic rings. The van der Waals surface area contributed by atoms with Crippen LogP contribution in [0.25, 0.3) is 0 Å². The van der Waals surface area contributed by atoms with E-state index in [1.54, 1.807) is 36.7 Å². The van der Waals surface area contributed by atoms with Gasteiger partial charge in [-0.15, -0.1) is 0 Å². The van der Waals surface area contributed by atoms with Gasteiger partial charge in [0.1, 0.15) is 0 Å². The van der Waals surface area contributed by atoms with Gasteiger partial charge in [-0.3, -0.25) is 14.6 Å². The van der Waals surface area contributed by atoms with Gasteiger partial charge < -0.3 is 5.32 Å². The number of hydrogen-bond donors (Lipinski definition) is 1. The van der Waals surface area contributed by atoms with Crippen molar-refractivity contribution >= 4 is 27.4 Å². The number of anilines is 1. The molecule has 1 aliphatic rings. The molecule has 0 bridgehead atoms. The lowest BCUT2D eigenvalue weighted by Crippen LogP contribution is -2.38. The number of Topliss-reactive ketones (excluding diaryl/α,β-unsaturated/α-hetero) is 1. The SMILES string of the molecule is CC(=O)Nc1ccc(S(=O)(=O)N2CCC(CC(=O)c3cccnc3)CC2)cc1. The molecule has 1 aromatic heterocycles. The van der Waals surface area contributed by atoms with Crippen LogP contribution in [0.5, 0.6) is 0 Å². The molecule has 0 radical (unpaired) electrons. The maximum atomic E-state index is 12.8. The lowest BCUT2D eigenvalue weighted by atomic mass is 9.91. The van der Waals surface area contributed by atoms with Crippen LogP contribution in [0.1, 0.15) is 36.5 Å². The summed E-state index contributed by atoms with van der Waals surface area (Å²) in [6, 6.07) is 9.64. The number of rotatable bonds is 6. The zero-order valence-electron chi connectivity index (χ0n) is 15.7. The molecule has 0 saturated carbocycles. The first-order chi connectivity index (χ1) is 13.4. The minimum atomic E-state index is -3.59. The van der Waals surface area contributed by atoms with Crippen molar-refractivity contribution in [1.29, 1.82) is 0 Å². The monoisotopic (exact) mass is 401 g/mol. The Labute approximate surface area is 164 Å². The van der Waals surface area contributed by atoms with Crippen molar-refractivity contribution < 1.29 is 18.0 Å². The number of aromatic nitrogens is 1. The first-order valence-electron chi connectivity index (χ1n) is 9.17. The van der Waals surface area contributed by atoms with E-state index < -0.39 is 10.0 Å². The zero-order chi connectivity index (χ0) is 20.1. The van der Waals surface area contributed by atoms with E-state index >= 15 is 0 Å². The number of sulfonamides is 1. The molecular formula is C20H23N3O4S. The summed E-state index contributed by atoms with van der Waals surface area (Å²) in [4.78, 5) is 27.6. The van der Waals surface area contributed by atoms with Crippen molar-refractivity contribution in [2.45, 2.75) is 31.1 Å². The van der Waals surface area contributed by atoms with E-state index in [1.807, 2.05) is 0 Å². The Morgan fingerprint density at radius 2 is 1.82 bits per heavy atom. The van der Waals surface area contributed by atoms with Crippen LogP contribution in [0.15, 0.2) is 53.7 Å². The largest absolute Gasteiger partial charge is 0.326 e. The Morgan fingerprint density at radius 3 is 2.39 bits per heavy atom. The van der Waals surface area contributed by atoms with Gasteiger partial charge in [-0.25, -0.2) is 8.42 Å². The van der Waals surface area contributed by atoms with Gasteiger partial charge in [0.05, 0.1) is 4.90 Å². The molecular weight excluding hydrogens is 378 g/mol. The van der Waals surface area contributed by atoms with Crippen LogP contribution in [0.2, 0.25) is 0 Å². The molecule has 3 rings (SSSR count). The smallest absolute Gasteiger partial charge is 0.243 e. The summed E-state index contributed by atoms with van der Waals surface area (Å²) < 4.78 is 27.1. The average Bonchev–Trinajstić information content (AvgIpc) is 2.69. The Morgan fingerprint density at radius 1 is 1.14 bits per heavy atom. The number of carbonyl (C=O) groups is 2. The molecule has 28 heavy (non-hydrogen) atoms. The third-order valence-electron chi connectivity index (χ3n) is 4.84. The first-order valence-corrected chi connectivity index (χ1v) is 10.6. The molecule has 0 spiro atoms. The van der Waals surface area contributed by atoms with Gasteiger partial charge in [-0.1, -0.05) is 0 Å². The summed E-state index contributed by atoms with van der Waals surface area (Å²) in [7, 11) is -3.59. The predicted molar refractivity (Wildman–Crippen MR) is 105 cm³/mol. The van der Waals surface area contributed by atoms with Crippen molar-refractivity contribution in [3.63, 3.8) is 0 Å². The molecule has 1 saturated heterocycles. The lowest BCUT2D eigenvalue weighted by molar-refractivity contribution is -0.114. The van der Waals surface area contributed by atoms with E-state index in [0.29, 0.717) is 43.6 Å². The highest BCUT2D eigenvalue weighted by atomic mass is 32.2. The molecule has 148 valence electrons. The Bertz CT molecular complexity index is 935. The average molecular weight is 401 g/mol. The summed E-state index contributed by atoms with van der Waals surface area (Å²) in [5, 5.41) is 2.62. The predicted octanol–water partition coefficient (Wildman–Crippen LogP) is 2.71. The number of pyridine rings is 1. The van der Waals surface area contributed by atoms with E-state index in [-0.39, 0.29) is 22.5 Å². The fourth-order valence-electron chi connectivity index (χ4n) is 3.32. The molecule has 1 amide bonds. The highest BCUT2D eigenvalue weighted by molar-refractivity contribution is 7.89.